The maximum atomic E-state index is 12.1. The number of carbonyl (C=O) groups excluding carboxylic acids is 2. The van der Waals surface area contributed by atoms with Crippen molar-refractivity contribution in [2.45, 2.75) is 13.3 Å². The number of hydrogen-bond acceptors (Lipinski definition) is 5. The Balaban J connectivity index is 1.38. The highest BCUT2D eigenvalue weighted by atomic mass is 16.5. The number of para-hydroxylation sites is 2. The van der Waals surface area contributed by atoms with E-state index in [1.54, 1.807) is 7.11 Å². The molecular formula is C23H30N4O3. The first-order valence-electron chi connectivity index (χ1n) is 10.4. The van der Waals surface area contributed by atoms with E-state index >= 15 is 0 Å². The Kier molecular flexibility index (Phi) is 7.68. The fourth-order valence-corrected chi connectivity index (χ4v) is 3.52. The number of piperazine rings is 1. The van der Waals surface area contributed by atoms with Crippen LogP contribution in [0.2, 0.25) is 0 Å². The van der Waals surface area contributed by atoms with Crippen molar-refractivity contribution in [3.8, 4) is 5.75 Å². The number of aryl methyl sites for hydroxylation is 1. The zero-order chi connectivity index (χ0) is 21.3. The molecule has 2 amide bonds. The summed E-state index contributed by atoms with van der Waals surface area (Å²) >= 11 is 0. The smallest absolute Gasteiger partial charge is 0.313 e. The van der Waals surface area contributed by atoms with Gasteiger partial charge in [0.25, 0.3) is 0 Å². The fraction of sp³-hybridized carbons (Fsp3) is 0.391. The van der Waals surface area contributed by atoms with Crippen LogP contribution in [0.25, 0.3) is 0 Å². The lowest BCUT2D eigenvalue weighted by molar-refractivity contribution is -0.136. The summed E-state index contributed by atoms with van der Waals surface area (Å²) in [5.74, 6) is -0.365. The number of methoxy groups -OCH3 is 1. The third-order valence-corrected chi connectivity index (χ3v) is 5.34. The Morgan fingerprint density at radius 1 is 0.967 bits per heavy atom. The maximum absolute atomic E-state index is 12.1. The van der Waals surface area contributed by atoms with Crippen molar-refractivity contribution in [3.63, 3.8) is 0 Å². The molecule has 0 atom stereocenters. The van der Waals surface area contributed by atoms with Gasteiger partial charge in [-0.3, -0.25) is 14.5 Å². The van der Waals surface area contributed by atoms with Gasteiger partial charge in [0.1, 0.15) is 5.75 Å². The Morgan fingerprint density at radius 2 is 1.67 bits per heavy atom. The largest absolute Gasteiger partial charge is 0.495 e. The van der Waals surface area contributed by atoms with Crippen LogP contribution in [-0.2, 0) is 16.0 Å². The van der Waals surface area contributed by atoms with Crippen molar-refractivity contribution in [1.82, 2.24) is 10.2 Å². The van der Waals surface area contributed by atoms with Gasteiger partial charge in [-0.15, -0.1) is 0 Å². The van der Waals surface area contributed by atoms with Gasteiger partial charge in [-0.1, -0.05) is 31.2 Å². The molecule has 0 radical (unpaired) electrons. The minimum absolute atomic E-state index is 0.440. The van der Waals surface area contributed by atoms with Crippen molar-refractivity contribution < 1.29 is 14.3 Å². The fourth-order valence-electron chi connectivity index (χ4n) is 3.52. The molecule has 160 valence electrons. The highest BCUT2D eigenvalue weighted by Crippen LogP contribution is 2.28. The Hall–Kier alpha value is -3.06. The highest BCUT2D eigenvalue weighted by molar-refractivity contribution is 6.39. The van der Waals surface area contributed by atoms with Crippen LogP contribution in [0.3, 0.4) is 0 Å². The van der Waals surface area contributed by atoms with Crippen molar-refractivity contribution >= 4 is 23.2 Å². The summed E-state index contributed by atoms with van der Waals surface area (Å²) in [7, 11) is 1.69. The number of anilines is 2. The molecule has 0 aliphatic carbocycles. The van der Waals surface area contributed by atoms with Crippen LogP contribution in [0.4, 0.5) is 11.4 Å². The van der Waals surface area contributed by atoms with E-state index < -0.39 is 11.8 Å². The summed E-state index contributed by atoms with van der Waals surface area (Å²) in [5.41, 5.74) is 2.92. The molecule has 0 aromatic heterocycles. The second kappa shape index (κ2) is 10.6. The maximum Gasteiger partial charge on any atom is 0.313 e. The van der Waals surface area contributed by atoms with E-state index in [0.717, 1.165) is 44.0 Å². The Morgan fingerprint density at radius 3 is 2.33 bits per heavy atom. The Labute approximate surface area is 178 Å². The van der Waals surface area contributed by atoms with Crippen LogP contribution < -0.4 is 20.3 Å². The van der Waals surface area contributed by atoms with Gasteiger partial charge in [-0.25, -0.2) is 0 Å². The van der Waals surface area contributed by atoms with Crippen LogP contribution in [0.1, 0.15) is 12.5 Å². The van der Waals surface area contributed by atoms with Crippen molar-refractivity contribution in [2.75, 3.05) is 56.6 Å². The molecule has 1 saturated heterocycles. The second-order valence-corrected chi connectivity index (χ2v) is 7.26. The molecule has 2 N–H and O–H groups in total. The van der Waals surface area contributed by atoms with E-state index in [-0.39, 0.29) is 0 Å². The van der Waals surface area contributed by atoms with E-state index in [0.29, 0.717) is 18.8 Å². The SMILES string of the molecule is CCc1ccc(NC(=O)C(=O)NCCN2CCN(c3ccccc3OC)CC2)cc1. The number of rotatable bonds is 7. The molecule has 0 spiro atoms. The lowest BCUT2D eigenvalue weighted by Crippen LogP contribution is -2.49. The number of ether oxygens (including phenoxy) is 1. The van der Waals surface area contributed by atoms with Crippen LogP contribution in [-0.4, -0.2) is 63.1 Å². The topological polar surface area (TPSA) is 73.9 Å². The molecule has 30 heavy (non-hydrogen) atoms. The molecule has 1 aliphatic heterocycles. The number of nitrogens with zero attached hydrogens (tertiary/aromatic N) is 2. The summed E-state index contributed by atoms with van der Waals surface area (Å²) in [6.07, 6.45) is 0.932. The van der Waals surface area contributed by atoms with Gasteiger partial charge >= 0.3 is 11.8 Å². The standard InChI is InChI=1S/C23H30N4O3/c1-3-18-8-10-19(11-9-18)25-23(29)22(28)24-12-13-26-14-16-27(17-15-26)20-6-4-5-7-21(20)30-2/h4-11H,3,12-17H2,1-2H3,(H,24,28)(H,25,29). The first-order chi connectivity index (χ1) is 14.6. The second-order valence-electron chi connectivity index (χ2n) is 7.26. The molecule has 1 heterocycles. The minimum Gasteiger partial charge on any atom is -0.495 e. The van der Waals surface area contributed by atoms with Crippen LogP contribution in [0.5, 0.6) is 5.75 Å². The molecule has 0 saturated carbocycles. The zero-order valence-electron chi connectivity index (χ0n) is 17.7. The van der Waals surface area contributed by atoms with Gasteiger partial charge in [0.15, 0.2) is 0 Å². The first kappa shape index (κ1) is 21.6. The van der Waals surface area contributed by atoms with E-state index in [9.17, 15) is 9.59 Å². The van der Waals surface area contributed by atoms with Gasteiger partial charge < -0.3 is 20.3 Å². The van der Waals surface area contributed by atoms with Crippen molar-refractivity contribution in [1.29, 1.82) is 0 Å². The molecule has 0 unspecified atom stereocenters. The summed E-state index contributed by atoms with van der Waals surface area (Å²) in [6, 6.07) is 15.5. The number of benzene rings is 2. The van der Waals surface area contributed by atoms with Gasteiger partial charge in [-0.2, -0.15) is 0 Å². The highest BCUT2D eigenvalue weighted by Gasteiger charge is 2.20. The predicted molar refractivity (Wildman–Crippen MR) is 119 cm³/mol. The number of carbonyl (C=O) groups is 2. The summed E-state index contributed by atoms with van der Waals surface area (Å²) in [6.45, 7) is 6.79. The Bertz CT molecular complexity index is 846. The van der Waals surface area contributed by atoms with E-state index in [2.05, 4.69) is 33.4 Å². The van der Waals surface area contributed by atoms with Gasteiger partial charge in [0.2, 0.25) is 0 Å². The molecule has 2 aromatic carbocycles. The first-order valence-corrected chi connectivity index (χ1v) is 10.4. The lowest BCUT2D eigenvalue weighted by atomic mass is 10.1. The average molecular weight is 411 g/mol. The number of nitrogens with one attached hydrogen (secondary N) is 2. The third-order valence-electron chi connectivity index (χ3n) is 5.34. The number of amides is 2. The molecule has 7 nitrogen and oxygen atoms in total. The molecule has 1 fully saturated rings. The summed E-state index contributed by atoms with van der Waals surface area (Å²) in [4.78, 5) is 28.7. The number of hydrogen-bond donors (Lipinski definition) is 2. The normalized spacial score (nSPS) is 14.3. The molecule has 0 bridgehead atoms. The molecule has 1 aliphatic rings. The molecule has 7 heteroatoms. The van der Waals surface area contributed by atoms with E-state index in [1.807, 2.05) is 42.5 Å². The zero-order valence-corrected chi connectivity index (χ0v) is 17.7. The van der Waals surface area contributed by atoms with Crippen LogP contribution >= 0.6 is 0 Å². The predicted octanol–water partition coefficient (Wildman–Crippen LogP) is 2.13. The van der Waals surface area contributed by atoms with Gasteiger partial charge in [0.05, 0.1) is 12.8 Å². The third kappa shape index (κ3) is 5.73. The molecular weight excluding hydrogens is 380 g/mol. The van der Waals surface area contributed by atoms with Crippen molar-refractivity contribution in [2.24, 2.45) is 0 Å². The van der Waals surface area contributed by atoms with E-state index in [1.165, 1.54) is 5.56 Å². The van der Waals surface area contributed by atoms with E-state index in [4.69, 9.17) is 4.74 Å². The van der Waals surface area contributed by atoms with Crippen molar-refractivity contribution in [3.05, 3.63) is 54.1 Å². The lowest BCUT2D eigenvalue weighted by Gasteiger charge is -2.36. The van der Waals surface area contributed by atoms with Crippen LogP contribution in [0, 0.1) is 0 Å². The average Bonchev–Trinajstić information content (AvgIpc) is 2.80. The monoisotopic (exact) mass is 410 g/mol. The van der Waals surface area contributed by atoms with Gasteiger partial charge in [0, 0.05) is 45.0 Å². The quantitative estimate of drug-likeness (QED) is 0.684. The molecule has 2 aromatic rings. The summed E-state index contributed by atoms with van der Waals surface area (Å²) in [5, 5.41) is 5.34. The van der Waals surface area contributed by atoms with Crippen LogP contribution in [0.15, 0.2) is 48.5 Å². The molecule has 3 rings (SSSR count). The minimum atomic E-state index is -0.639. The summed E-state index contributed by atoms with van der Waals surface area (Å²) < 4.78 is 5.45. The van der Waals surface area contributed by atoms with Gasteiger partial charge in [-0.05, 0) is 36.2 Å².